The summed E-state index contributed by atoms with van der Waals surface area (Å²) in [6.45, 7) is 2.88. The summed E-state index contributed by atoms with van der Waals surface area (Å²) in [5.41, 5.74) is 0. The van der Waals surface area contributed by atoms with Gasteiger partial charge in [0.2, 0.25) is 10.0 Å². The highest BCUT2D eigenvalue weighted by Gasteiger charge is 2.36. The van der Waals surface area contributed by atoms with E-state index in [1.165, 1.54) is 0 Å². The number of aliphatic hydroxyl groups excluding tert-OH is 1. The van der Waals surface area contributed by atoms with Gasteiger partial charge in [0, 0.05) is 26.3 Å². The smallest absolute Gasteiger partial charge is 0.214 e. The number of aliphatic hydroxyl groups is 1. The highest BCUT2D eigenvalue weighted by atomic mass is 32.2. The first-order chi connectivity index (χ1) is 8.53. The lowest BCUT2D eigenvalue weighted by molar-refractivity contribution is 0.164. The maximum Gasteiger partial charge on any atom is 0.214 e. The summed E-state index contributed by atoms with van der Waals surface area (Å²) in [5, 5.41) is 8.72. The Labute approximate surface area is 110 Å². The van der Waals surface area contributed by atoms with E-state index in [0.717, 1.165) is 12.8 Å². The van der Waals surface area contributed by atoms with Gasteiger partial charge in [0.1, 0.15) is 0 Å². The molecule has 0 radical (unpaired) electrons. The minimum absolute atomic E-state index is 0.0474. The predicted molar refractivity (Wildman–Crippen MR) is 70.9 cm³/mol. The lowest BCUT2D eigenvalue weighted by Crippen LogP contribution is -2.43. The van der Waals surface area contributed by atoms with E-state index in [0.29, 0.717) is 31.9 Å². The van der Waals surface area contributed by atoms with Crippen LogP contribution < -0.4 is 0 Å². The third-order valence-electron chi connectivity index (χ3n) is 3.44. The summed E-state index contributed by atoms with van der Waals surface area (Å²) in [4.78, 5) is 0. The van der Waals surface area contributed by atoms with Crippen LogP contribution in [0, 0.1) is 5.92 Å². The molecular formula is C12H25NO4S. The van der Waals surface area contributed by atoms with E-state index in [-0.39, 0.29) is 18.4 Å². The highest BCUT2D eigenvalue weighted by molar-refractivity contribution is 7.89. The zero-order valence-electron chi connectivity index (χ0n) is 11.3. The SMILES string of the molecule is COCCN(C(C)C1CC1)S(=O)(=O)CCCCO. The van der Waals surface area contributed by atoms with Gasteiger partial charge < -0.3 is 9.84 Å². The fraction of sp³-hybridized carbons (Fsp3) is 1.00. The van der Waals surface area contributed by atoms with E-state index in [9.17, 15) is 8.42 Å². The van der Waals surface area contributed by atoms with Gasteiger partial charge in [-0.15, -0.1) is 0 Å². The van der Waals surface area contributed by atoms with Gasteiger partial charge in [-0.1, -0.05) is 0 Å². The van der Waals surface area contributed by atoms with Crippen LogP contribution in [0.25, 0.3) is 0 Å². The maximum atomic E-state index is 12.3. The van der Waals surface area contributed by atoms with Crippen molar-refractivity contribution >= 4 is 10.0 Å². The van der Waals surface area contributed by atoms with Crippen LogP contribution in [0.15, 0.2) is 0 Å². The average Bonchev–Trinajstić information content (AvgIpc) is 3.13. The molecule has 1 atom stereocenters. The van der Waals surface area contributed by atoms with Crippen molar-refractivity contribution in [3.8, 4) is 0 Å². The molecule has 0 aromatic rings. The molecule has 0 aromatic heterocycles. The van der Waals surface area contributed by atoms with Crippen LogP contribution >= 0.6 is 0 Å². The molecule has 5 nitrogen and oxygen atoms in total. The molecule has 1 fully saturated rings. The Hall–Kier alpha value is -0.170. The Morgan fingerprint density at radius 3 is 2.56 bits per heavy atom. The first-order valence-electron chi connectivity index (χ1n) is 6.62. The number of ether oxygens (including phenoxy) is 1. The van der Waals surface area contributed by atoms with Gasteiger partial charge in [0.25, 0.3) is 0 Å². The maximum absolute atomic E-state index is 12.3. The van der Waals surface area contributed by atoms with Gasteiger partial charge in [-0.3, -0.25) is 0 Å². The van der Waals surface area contributed by atoms with Crippen LogP contribution in [0.5, 0.6) is 0 Å². The number of nitrogens with zero attached hydrogens (tertiary/aromatic N) is 1. The first-order valence-corrected chi connectivity index (χ1v) is 8.23. The van der Waals surface area contributed by atoms with Crippen LogP contribution in [-0.2, 0) is 14.8 Å². The highest BCUT2D eigenvalue weighted by Crippen LogP contribution is 2.36. The Morgan fingerprint density at radius 1 is 1.39 bits per heavy atom. The Kier molecular flexibility index (Phi) is 6.55. The van der Waals surface area contributed by atoms with Crippen LogP contribution in [0.4, 0.5) is 0 Å². The van der Waals surface area contributed by atoms with E-state index in [4.69, 9.17) is 9.84 Å². The molecule has 0 amide bonds. The second kappa shape index (κ2) is 7.43. The largest absolute Gasteiger partial charge is 0.396 e. The molecule has 108 valence electrons. The summed E-state index contributed by atoms with van der Waals surface area (Å²) in [7, 11) is -1.65. The fourth-order valence-corrected chi connectivity index (χ4v) is 3.94. The van der Waals surface area contributed by atoms with Gasteiger partial charge in [0.15, 0.2) is 0 Å². The standard InChI is InChI=1S/C12H25NO4S/c1-11(12-5-6-12)13(7-9-17-2)18(15,16)10-4-3-8-14/h11-12,14H,3-10H2,1-2H3. The molecule has 0 bridgehead atoms. The van der Waals surface area contributed by atoms with E-state index in [1.807, 2.05) is 6.92 Å². The molecule has 1 rings (SSSR count). The molecule has 0 aliphatic heterocycles. The summed E-state index contributed by atoms with van der Waals surface area (Å²) >= 11 is 0. The molecule has 0 aromatic carbocycles. The van der Waals surface area contributed by atoms with Gasteiger partial charge in [-0.25, -0.2) is 8.42 Å². The Morgan fingerprint density at radius 2 is 2.06 bits per heavy atom. The molecule has 1 unspecified atom stereocenters. The van der Waals surface area contributed by atoms with Crippen molar-refractivity contribution in [1.82, 2.24) is 4.31 Å². The Balaban J connectivity index is 2.60. The number of hydrogen-bond acceptors (Lipinski definition) is 4. The third-order valence-corrected chi connectivity index (χ3v) is 5.48. The molecule has 1 aliphatic rings. The molecule has 6 heteroatoms. The molecule has 1 saturated carbocycles. The number of hydrogen-bond donors (Lipinski definition) is 1. The van der Waals surface area contributed by atoms with Gasteiger partial charge in [-0.2, -0.15) is 4.31 Å². The van der Waals surface area contributed by atoms with E-state index < -0.39 is 10.0 Å². The molecular weight excluding hydrogens is 254 g/mol. The lowest BCUT2D eigenvalue weighted by Gasteiger charge is -2.28. The van der Waals surface area contributed by atoms with Crippen molar-refractivity contribution in [1.29, 1.82) is 0 Å². The molecule has 0 spiro atoms. The number of unbranched alkanes of at least 4 members (excludes halogenated alkanes) is 1. The Bertz CT molecular complexity index is 327. The second-order valence-electron chi connectivity index (χ2n) is 4.93. The van der Waals surface area contributed by atoms with Crippen LogP contribution in [0.3, 0.4) is 0 Å². The molecule has 0 saturated heterocycles. The third kappa shape index (κ3) is 4.84. The number of rotatable bonds is 10. The van der Waals surface area contributed by atoms with E-state index in [2.05, 4.69) is 0 Å². The minimum Gasteiger partial charge on any atom is -0.396 e. The zero-order valence-corrected chi connectivity index (χ0v) is 12.2. The summed E-state index contributed by atoms with van der Waals surface area (Å²) in [6, 6.07) is 0.0688. The van der Waals surface area contributed by atoms with E-state index in [1.54, 1.807) is 11.4 Å². The van der Waals surface area contributed by atoms with Gasteiger partial charge in [-0.05, 0) is 38.5 Å². The predicted octanol–water partition coefficient (Wildman–Crippen LogP) is 0.836. The summed E-state index contributed by atoms with van der Waals surface area (Å²) in [6.07, 6.45) is 3.29. The topological polar surface area (TPSA) is 66.8 Å². The number of methoxy groups -OCH3 is 1. The quantitative estimate of drug-likeness (QED) is 0.602. The first kappa shape index (κ1) is 15.9. The van der Waals surface area contributed by atoms with Crippen LogP contribution in [0.2, 0.25) is 0 Å². The van der Waals surface area contributed by atoms with Crippen LogP contribution in [-0.4, -0.2) is 56.5 Å². The normalized spacial score (nSPS) is 18.2. The molecule has 18 heavy (non-hydrogen) atoms. The van der Waals surface area contributed by atoms with Crippen molar-refractivity contribution < 1.29 is 18.3 Å². The van der Waals surface area contributed by atoms with Gasteiger partial charge in [0.05, 0.1) is 12.4 Å². The fourth-order valence-electron chi connectivity index (χ4n) is 2.10. The molecule has 0 heterocycles. The lowest BCUT2D eigenvalue weighted by atomic mass is 10.2. The summed E-state index contributed by atoms with van der Waals surface area (Å²) in [5.74, 6) is 0.628. The van der Waals surface area contributed by atoms with Crippen molar-refractivity contribution in [2.75, 3.05) is 32.6 Å². The van der Waals surface area contributed by atoms with Crippen molar-refractivity contribution in [3.63, 3.8) is 0 Å². The summed E-state index contributed by atoms with van der Waals surface area (Å²) < 4.78 is 31.1. The minimum atomic E-state index is -3.23. The van der Waals surface area contributed by atoms with Gasteiger partial charge >= 0.3 is 0 Å². The average molecular weight is 279 g/mol. The second-order valence-corrected chi connectivity index (χ2v) is 6.97. The van der Waals surface area contributed by atoms with Crippen molar-refractivity contribution in [2.45, 2.75) is 38.6 Å². The zero-order chi connectivity index (χ0) is 13.6. The number of sulfonamides is 1. The van der Waals surface area contributed by atoms with E-state index >= 15 is 0 Å². The molecule has 1 aliphatic carbocycles. The van der Waals surface area contributed by atoms with Crippen molar-refractivity contribution in [2.24, 2.45) is 5.92 Å². The molecule has 1 N–H and O–H groups in total. The van der Waals surface area contributed by atoms with Crippen LogP contribution in [0.1, 0.15) is 32.6 Å². The van der Waals surface area contributed by atoms with Crippen molar-refractivity contribution in [3.05, 3.63) is 0 Å². The monoisotopic (exact) mass is 279 g/mol.